The number of ether oxygens (including phenoxy) is 1. The molecule has 1 aromatic heterocycles. The fourth-order valence-electron chi connectivity index (χ4n) is 1.73. The van der Waals surface area contributed by atoms with Gasteiger partial charge in [0.1, 0.15) is 0 Å². The van der Waals surface area contributed by atoms with E-state index < -0.39 is 12.1 Å². The number of nitrogens with one attached hydrogen (secondary N) is 1. The number of ketones is 1. The average Bonchev–Trinajstić information content (AvgIpc) is 3.02. The summed E-state index contributed by atoms with van der Waals surface area (Å²) < 4.78 is 5.18. The Morgan fingerprint density at radius 2 is 2.13 bits per heavy atom. The lowest BCUT2D eigenvalue weighted by Gasteiger charge is -2.11. The number of hydrogen-bond acceptors (Lipinski definition) is 6. The second-order valence-corrected chi connectivity index (χ2v) is 5.92. The third-order valence-corrected chi connectivity index (χ3v) is 3.94. The van der Waals surface area contributed by atoms with E-state index in [0.717, 1.165) is 0 Å². The predicted octanol–water partition coefficient (Wildman–Crippen LogP) is 3.82. The highest BCUT2D eigenvalue weighted by atomic mass is 35.5. The summed E-state index contributed by atoms with van der Waals surface area (Å²) in [5.74, 6) is -0.932. The zero-order chi connectivity index (χ0) is 16.8. The largest absolute Gasteiger partial charge is 0.450 e. The first-order valence-corrected chi connectivity index (χ1v) is 8.08. The number of Topliss-reactive ketones (excluding diaryl/α,β-unsaturated/α-hetero) is 1. The lowest BCUT2D eigenvalue weighted by Crippen LogP contribution is -2.24. The molecule has 1 aromatic carbocycles. The van der Waals surface area contributed by atoms with Gasteiger partial charge >= 0.3 is 5.97 Å². The van der Waals surface area contributed by atoms with Crippen molar-refractivity contribution in [1.29, 1.82) is 0 Å². The third-order valence-electron chi connectivity index (χ3n) is 2.89. The summed E-state index contributed by atoms with van der Waals surface area (Å²) >= 11 is 7.06. The Labute approximate surface area is 143 Å². The minimum Gasteiger partial charge on any atom is -0.450 e. The molecule has 2 rings (SSSR count). The summed E-state index contributed by atoms with van der Waals surface area (Å²) in [4.78, 5) is 28.3. The Balaban J connectivity index is 1.98. The van der Waals surface area contributed by atoms with Gasteiger partial charge in [-0.1, -0.05) is 17.7 Å². The van der Waals surface area contributed by atoms with Crippen molar-refractivity contribution < 1.29 is 14.3 Å². The monoisotopic (exact) mass is 350 g/mol. The van der Waals surface area contributed by atoms with Crippen LogP contribution >= 0.6 is 22.9 Å². The van der Waals surface area contributed by atoms with E-state index >= 15 is 0 Å². The second kappa shape index (κ2) is 7.89. The van der Waals surface area contributed by atoms with Gasteiger partial charge in [-0.05, 0) is 31.2 Å². The Hall–Kier alpha value is -2.18. The zero-order valence-electron chi connectivity index (χ0n) is 12.4. The number of benzene rings is 1. The van der Waals surface area contributed by atoms with Crippen molar-refractivity contribution in [2.24, 2.45) is 0 Å². The summed E-state index contributed by atoms with van der Waals surface area (Å²) in [6, 6.07) is 6.41. The van der Waals surface area contributed by atoms with E-state index in [2.05, 4.69) is 16.9 Å². The third kappa shape index (κ3) is 4.64. The maximum atomic E-state index is 12.2. The molecule has 7 heteroatoms. The molecule has 0 aliphatic heterocycles. The number of carbonyl (C=O) groups is 2. The molecule has 0 aliphatic rings. The quantitative estimate of drug-likeness (QED) is 0.467. The van der Waals surface area contributed by atoms with Crippen LogP contribution in [0.1, 0.15) is 27.8 Å². The summed E-state index contributed by atoms with van der Waals surface area (Å²) in [5, 5.41) is 5.68. The van der Waals surface area contributed by atoms with Crippen molar-refractivity contribution in [2.45, 2.75) is 13.0 Å². The van der Waals surface area contributed by atoms with Crippen LogP contribution in [0.3, 0.4) is 0 Å². The maximum absolute atomic E-state index is 12.2. The summed E-state index contributed by atoms with van der Waals surface area (Å²) in [6.45, 7) is 5.66. The maximum Gasteiger partial charge on any atom is 0.358 e. The molecule has 0 fully saturated rings. The molecule has 1 N–H and O–H groups in total. The van der Waals surface area contributed by atoms with Crippen LogP contribution in [-0.2, 0) is 4.74 Å². The molecule has 1 heterocycles. The summed E-state index contributed by atoms with van der Waals surface area (Å²) in [7, 11) is 0. The molecule has 5 nitrogen and oxygen atoms in total. The first-order valence-electron chi connectivity index (χ1n) is 6.82. The van der Waals surface area contributed by atoms with Gasteiger partial charge in [-0.25, -0.2) is 9.78 Å². The molecule has 1 unspecified atom stereocenters. The minimum atomic E-state index is -0.907. The van der Waals surface area contributed by atoms with Crippen molar-refractivity contribution in [3.63, 3.8) is 0 Å². The van der Waals surface area contributed by atoms with E-state index in [-0.39, 0.29) is 11.5 Å². The van der Waals surface area contributed by atoms with E-state index in [1.54, 1.807) is 35.7 Å². The number of anilines is 1. The first-order chi connectivity index (χ1) is 11.0. The van der Waals surface area contributed by atoms with Gasteiger partial charge in [0.05, 0.1) is 0 Å². The van der Waals surface area contributed by atoms with Crippen LogP contribution in [0.5, 0.6) is 0 Å². The fraction of sp³-hybridized carbons (Fsp3) is 0.188. The van der Waals surface area contributed by atoms with Crippen LogP contribution in [-0.4, -0.2) is 29.4 Å². The highest BCUT2D eigenvalue weighted by molar-refractivity contribution is 7.13. The lowest BCUT2D eigenvalue weighted by molar-refractivity contribution is 0.0314. The van der Waals surface area contributed by atoms with E-state index in [1.165, 1.54) is 18.3 Å². The van der Waals surface area contributed by atoms with Gasteiger partial charge < -0.3 is 10.1 Å². The summed E-state index contributed by atoms with van der Waals surface area (Å²) in [6.07, 6.45) is 0.779. The molecule has 0 saturated heterocycles. The molecule has 1 atom stereocenters. The van der Waals surface area contributed by atoms with Gasteiger partial charge in [0, 0.05) is 22.5 Å². The first kappa shape index (κ1) is 17.2. The van der Waals surface area contributed by atoms with E-state index in [4.69, 9.17) is 16.3 Å². The molecule has 0 aliphatic carbocycles. The van der Waals surface area contributed by atoms with E-state index in [0.29, 0.717) is 22.3 Å². The Morgan fingerprint density at radius 3 is 2.78 bits per heavy atom. The van der Waals surface area contributed by atoms with Gasteiger partial charge in [-0.3, -0.25) is 4.79 Å². The number of aromatic nitrogens is 1. The lowest BCUT2D eigenvalue weighted by atomic mass is 10.1. The number of hydrogen-bond donors (Lipinski definition) is 1. The highest BCUT2D eigenvalue weighted by Gasteiger charge is 2.21. The zero-order valence-corrected chi connectivity index (χ0v) is 14.0. The normalized spacial score (nSPS) is 11.6. The van der Waals surface area contributed by atoms with Crippen LogP contribution < -0.4 is 5.32 Å². The standard InChI is InChI=1S/C16H15ClN2O3S/c1-3-8-18-16-19-13(9-23-16)15(21)22-10(2)14(20)11-4-6-12(17)7-5-11/h3-7,9-10H,1,8H2,2H3,(H,18,19). The molecule has 0 radical (unpaired) electrons. The Kier molecular flexibility index (Phi) is 5.90. The van der Waals surface area contributed by atoms with Gasteiger partial charge in [0.2, 0.25) is 5.78 Å². The predicted molar refractivity (Wildman–Crippen MR) is 91.5 cm³/mol. The van der Waals surface area contributed by atoms with Crippen LogP contribution in [0, 0.1) is 0 Å². The van der Waals surface area contributed by atoms with Gasteiger partial charge in [-0.2, -0.15) is 0 Å². The topological polar surface area (TPSA) is 68.3 Å². The molecular formula is C16H15ClN2O3S. The van der Waals surface area contributed by atoms with Crippen LogP contribution in [0.25, 0.3) is 0 Å². The van der Waals surface area contributed by atoms with Crippen molar-refractivity contribution in [2.75, 3.05) is 11.9 Å². The molecule has 0 amide bonds. The highest BCUT2D eigenvalue weighted by Crippen LogP contribution is 2.17. The number of nitrogens with zero attached hydrogens (tertiary/aromatic N) is 1. The Morgan fingerprint density at radius 1 is 1.43 bits per heavy atom. The van der Waals surface area contributed by atoms with E-state index in [1.807, 2.05) is 0 Å². The van der Waals surface area contributed by atoms with Crippen LogP contribution in [0.2, 0.25) is 5.02 Å². The number of carbonyl (C=O) groups excluding carboxylic acids is 2. The van der Waals surface area contributed by atoms with Crippen molar-refractivity contribution >= 4 is 39.8 Å². The van der Waals surface area contributed by atoms with Crippen molar-refractivity contribution in [3.05, 3.63) is 58.6 Å². The molecule has 120 valence electrons. The van der Waals surface area contributed by atoms with Crippen molar-refractivity contribution in [1.82, 2.24) is 4.98 Å². The number of halogens is 1. The average molecular weight is 351 g/mol. The number of esters is 1. The second-order valence-electron chi connectivity index (χ2n) is 4.63. The van der Waals surface area contributed by atoms with E-state index in [9.17, 15) is 9.59 Å². The molecule has 0 saturated carbocycles. The molecule has 0 spiro atoms. The van der Waals surface area contributed by atoms with Crippen LogP contribution in [0.15, 0.2) is 42.3 Å². The number of thiazole rings is 1. The molecule has 23 heavy (non-hydrogen) atoms. The summed E-state index contributed by atoms with van der Waals surface area (Å²) in [5.41, 5.74) is 0.596. The Bertz CT molecular complexity index is 712. The molecule has 0 bridgehead atoms. The number of rotatable bonds is 7. The molecular weight excluding hydrogens is 336 g/mol. The smallest absolute Gasteiger partial charge is 0.358 e. The van der Waals surface area contributed by atoms with Crippen LogP contribution in [0.4, 0.5) is 5.13 Å². The fourth-order valence-corrected chi connectivity index (χ4v) is 2.55. The minimum absolute atomic E-state index is 0.164. The SMILES string of the molecule is C=CCNc1nc(C(=O)OC(C)C(=O)c2ccc(Cl)cc2)cs1. The van der Waals surface area contributed by atoms with Gasteiger partial charge in [0.25, 0.3) is 0 Å². The molecule has 2 aromatic rings. The van der Waals surface area contributed by atoms with Gasteiger partial charge in [0.15, 0.2) is 16.9 Å². The van der Waals surface area contributed by atoms with Gasteiger partial charge in [-0.15, -0.1) is 17.9 Å². The van der Waals surface area contributed by atoms with Crippen molar-refractivity contribution in [3.8, 4) is 0 Å².